The number of carbonyl (C=O) groups is 1. The van der Waals surface area contributed by atoms with Crippen molar-refractivity contribution in [1.82, 2.24) is 19.4 Å². The van der Waals surface area contributed by atoms with E-state index >= 15 is 0 Å². The molecule has 1 fully saturated rings. The molecule has 0 spiro atoms. The normalized spacial score (nSPS) is 16.1. The van der Waals surface area contributed by atoms with Crippen LogP contribution < -0.4 is 10.9 Å². The Morgan fingerprint density at radius 3 is 2.68 bits per heavy atom. The number of fused-ring (bicyclic) bond motifs is 1. The average Bonchev–Trinajstić information content (AvgIpc) is 3.44. The number of nitrogens with one attached hydrogen (secondary N) is 1. The van der Waals surface area contributed by atoms with Crippen LogP contribution in [0.3, 0.4) is 0 Å². The summed E-state index contributed by atoms with van der Waals surface area (Å²) in [7, 11) is 1.75. The number of ether oxygens (including phenoxy) is 1. The highest BCUT2D eigenvalue weighted by atomic mass is 16.5. The zero-order chi connectivity index (χ0) is 24.4. The van der Waals surface area contributed by atoms with Gasteiger partial charge in [-0.2, -0.15) is 0 Å². The average molecular weight is 467 g/mol. The van der Waals surface area contributed by atoms with E-state index in [1.807, 2.05) is 37.4 Å². The lowest BCUT2D eigenvalue weighted by Gasteiger charge is -2.22. The molecule has 1 saturated carbocycles. The number of pyridine rings is 1. The SMILES string of the molecule is CCn1c(-c2cc(C)c(=O)n(C)c2)nc2cc(CNC(C(=O)OC3CCCC3)C(C)O)ccc21. The van der Waals surface area contributed by atoms with Gasteiger partial charge in [-0.1, -0.05) is 6.07 Å². The summed E-state index contributed by atoms with van der Waals surface area (Å²) in [4.78, 5) is 29.6. The molecule has 0 saturated heterocycles. The molecule has 1 aliphatic rings. The van der Waals surface area contributed by atoms with Gasteiger partial charge >= 0.3 is 5.97 Å². The molecule has 2 aromatic heterocycles. The number of nitrogens with zero attached hydrogens (tertiary/aromatic N) is 3. The van der Waals surface area contributed by atoms with Crippen LogP contribution in [0, 0.1) is 6.92 Å². The molecule has 0 amide bonds. The number of aryl methyl sites for hydroxylation is 3. The highest BCUT2D eigenvalue weighted by Crippen LogP contribution is 2.26. The zero-order valence-electron chi connectivity index (χ0n) is 20.4. The van der Waals surface area contributed by atoms with Crippen LogP contribution in [-0.2, 0) is 29.7 Å². The predicted octanol–water partition coefficient (Wildman–Crippen LogP) is 3.06. The molecule has 2 heterocycles. The Kier molecular flexibility index (Phi) is 7.19. The molecule has 3 aromatic rings. The first kappa shape index (κ1) is 24.2. The summed E-state index contributed by atoms with van der Waals surface area (Å²) in [6, 6.07) is 7.11. The van der Waals surface area contributed by atoms with Crippen molar-refractivity contribution in [3.63, 3.8) is 0 Å². The molecule has 1 aromatic carbocycles. The number of imidazole rings is 1. The number of aliphatic hydroxyl groups excluding tert-OH is 1. The topological polar surface area (TPSA) is 98.4 Å². The van der Waals surface area contributed by atoms with Crippen molar-refractivity contribution in [1.29, 1.82) is 0 Å². The quantitative estimate of drug-likeness (QED) is 0.495. The second-order valence-corrected chi connectivity index (χ2v) is 9.27. The first-order chi connectivity index (χ1) is 16.3. The Balaban J connectivity index is 1.56. The number of aliphatic hydroxyl groups is 1. The van der Waals surface area contributed by atoms with Gasteiger partial charge in [0.1, 0.15) is 18.0 Å². The minimum atomic E-state index is -0.864. The highest BCUT2D eigenvalue weighted by Gasteiger charge is 2.28. The van der Waals surface area contributed by atoms with Crippen LogP contribution in [0.2, 0.25) is 0 Å². The summed E-state index contributed by atoms with van der Waals surface area (Å²) in [6.45, 7) is 6.62. The van der Waals surface area contributed by atoms with E-state index < -0.39 is 18.1 Å². The molecule has 34 heavy (non-hydrogen) atoms. The largest absolute Gasteiger partial charge is 0.461 e. The van der Waals surface area contributed by atoms with Crippen molar-refractivity contribution >= 4 is 17.0 Å². The minimum absolute atomic E-state index is 0.0182. The van der Waals surface area contributed by atoms with Crippen LogP contribution in [0.15, 0.2) is 35.3 Å². The molecular weight excluding hydrogens is 432 g/mol. The van der Waals surface area contributed by atoms with Gasteiger partial charge in [-0.05, 0) is 70.2 Å². The maximum atomic E-state index is 12.6. The molecular formula is C26H34N4O4. The molecule has 0 bridgehead atoms. The van der Waals surface area contributed by atoms with Crippen LogP contribution in [0.25, 0.3) is 22.4 Å². The van der Waals surface area contributed by atoms with E-state index in [2.05, 4.69) is 16.8 Å². The third-order valence-corrected chi connectivity index (χ3v) is 6.60. The molecule has 2 unspecified atom stereocenters. The summed E-state index contributed by atoms with van der Waals surface area (Å²) < 4.78 is 9.31. The fourth-order valence-corrected chi connectivity index (χ4v) is 4.75. The Morgan fingerprint density at radius 1 is 1.29 bits per heavy atom. The van der Waals surface area contributed by atoms with E-state index in [4.69, 9.17) is 9.72 Å². The minimum Gasteiger partial charge on any atom is -0.461 e. The smallest absolute Gasteiger partial charge is 0.326 e. The van der Waals surface area contributed by atoms with Crippen molar-refractivity contribution in [2.75, 3.05) is 0 Å². The first-order valence-corrected chi connectivity index (χ1v) is 12.1. The maximum Gasteiger partial charge on any atom is 0.326 e. The fraction of sp³-hybridized carbons (Fsp3) is 0.500. The standard InChI is InChI=1S/C26H34N4O4/c1-5-30-22-11-10-18(14-27-23(17(3)31)26(33)34-20-8-6-7-9-20)13-21(22)28-24(30)19-12-16(2)25(32)29(4)15-19/h10-13,15,17,20,23,27,31H,5-9,14H2,1-4H3. The number of hydrogen-bond donors (Lipinski definition) is 2. The van der Waals surface area contributed by atoms with Crippen molar-refractivity contribution < 1.29 is 14.6 Å². The monoisotopic (exact) mass is 466 g/mol. The van der Waals surface area contributed by atoms with E-state index in [0.717, 1.165) is 60.2 Å². The lowest BCUT2D eigenvalue weighted by atomic mass is 10.1. The number of rotatable bonds is 8. The number of aromatic nitrogens is 3. The van der Waals surface area contributed by atoms with Gasteiger partial charge in [-0.3, -0.25) is 14.9 Å². The molecule has 2 atom stereocenters. The summed E-state index contributed by atoms with van der Waals surface area (Å²) >= 11 is 0. The van der Waals surface area contributed by atoms with Gasteiger partial charge in [0, 0.05) is 37.5 Å². The second-order valence-electron chi connectivity index (χ2n) is 9.27. The molecule has 2 N–H and O–H groups in total. The molecule has 1 aliphatic carbocycles. The van der Waals surface area contributed by atoms with Crippen LogP contribution in [0.1, 0.15) is 50.7 Å². The van der Waals surface area contributed by atoms with Gasteiger partial charge in [0.2, 0.25) is 0 Å². The van der Waals surface area contributed by atoms with Crippen molar-refractivity contribution in [3.8, 4) is 11.4 Å². The van der Waals surface area contributed by atoms with E-state index in [9.17, 15) is 14.7 Å². The van der Waals surface area contributed by atoms with Gasteiger partial charge in [-0.15, -0.1) is 0 Å². The lowest BCUT2D eigenvalue weighted by molar-refractivity contribution is -0.154. The number of carbonyl (C=O) groups excluding carboxylic acids is 1. The Labute approximate surface area is 199 Å². The van der Waals surface area contributed by atoms with Gasteiger partial charge in [0.05, 0.1) is 17.1 Å². The van der Waals surface area contributed by atoms with E-state index in [1.54, 1.807) is 18.5 Å². The first-order valence-electron chi connectivity index (χ1n) is 12.1. The summed E-state index contributed by atoms with van der Waals surface area (Å²) in [5, 5.41) is 13.3. The number of esters is 1. The van der Waals surface area contributed by atoms with E-state index in [1.165, 1.54) is 0 Å². The van der Waals surface area contributed by atoms with Crippen LogP contribution >= 0.6 is 0 Å². The Hall–Kier alpha value is -2.97. The highest BCUT2D eigenvalue weighted by molar-refractivity contribution is 5.81. The van der Waals surface area contributed by atoms with Crippen molar-refractivity contribution in [2.24, 2.45) is 7.05 Å². The van der Waals surface area contributed by atoms with E-state index in [0.29, 0.717) is 12.1 Å². The van der Waals surface area contributed by atoms with Gasteiger partial charge < -0.3 is 19.0 Å². The van der Waals surface area contributed by atoms with Crippen LogP contribution in [0.5, 0.6) is 0 Å². The molecule has 0 radical (unpaired) electrons. The molecule has 182 valence electrons. The molecule has 8 nitrogen and oxygen atoms in total. The summed E-state index contributed by atoms with van der Waals surface area (Å²) in [5.74, 6) is 0.411. The van der Waals surface area contributed by atoms with Crippen molar-refractivity contribution in [3.05, 3.63) is 51.9 Å². The number of benzene rings is 1. The number of hydrogen-bond acceptors (Lipinski definition) is 6. The van der Waals surface area contributed by atoms with Gasteiger partial charge in [0.15, 0.2) is 0 Å². The van der Waals surface area contributed by atoms with Crippen LogP contribution in [0.4, 0.5) is 0 Å². The van der Waals surface area contributed by atoms with Crippen molar-refractivity contribution in [2.45, 2.75) is 77.8 Å². The fourth-order valence-electron chi connectivity index (χ4n) is 4.75. The zero-order valence-corrected chi connectivity index (χ0v) is 20.4. The third kappa shape index (κ3) is 4.93. The molecule has 4 rings (SSSR count). The van der Waals surface area contributed by atoms with E-state index in [-0.39, 0.29) is 11.7 Å². The Bertz CT molecular complexity index is 1210. The summed E-state index contributed by atoms with van der Waals surface area (Å²) in [5.41, 5.74) is 4.34. The molecule has 0 aliphatic heterocycles. The predicted molar refractivity (Wildman–Crippen MR) is 131 cm³/mol. The summed E-state index contributed by atoms with van der Waals surface area (Å²) in [6.07, 6.45) is 4.86. The molecule has 8 heteroatoms. The van der Waals surface area contributed by atoms with Gasteiger partial charge in [-0.25, -0.2) is 4.98 Å². The maximum absolute atomic E-state index is 12.6. The second kappa shape index (κ2) is 10.1. The lowest BCUT2D eigenvalue weighted by Crippen LogP contribution is -2.46. The third-order valence-electron chi connectivity index (χ3n) is 6.60. The Morgan fingerprint density at radius 2 is 2.03 bits per heavy atom. The van der Waals surface area contributed by atoms with Gasteiger partial charge in [0.25, 0.3) is 5.56 Å². The van der Waals surface area contributed by atoms with Crippen LogP contribution in [-0.4, -0.2) is 43.4 Å².